The van der Waals surface area contributed by atoms with E-state index in [1.54, 1.807) is 0 Å². The second-order valence-electron chi connectivity index (χ2n) is 5.42. The van der Waals surface area contributed by atoms with Crippen molar-refractivity contribution < 1.29 is 0 Å². The second-order valence-corrected chi connectivity index (χ2v) is 6.24. The topological polar surface area (TPSA) is 44.5 Å². The van der Waals surface area contributed by atoms with Crippen LogP contribution in [0.25, 0.3) is 33.4 Å². The summed E-state index contributed by atoms with van der Waals surface area (Å²) in [6.07, 6.45) is 0. The number of nitrogens with one attached hydrogen (secondary N) is 2. The molecule has 0 bridgehead atoms. The SMILES string of the molecule is S=c1[nH]c(=S)c2c(-c3ccccc3)cc(-c3ccccc3)nc2[nH]1. The summed E-state index contributed by atoms with van der Waals surface area (Å²) >= 11 is 10.7. The van der Waals surface area contributed by atoms with Crippen molar-refractivity contribution in [3.05, 3.63) is 76.1 Å². The Hall–Kier alpha value is -2.63. The van der Waals surface area contributed by atoms with Gasteiger partial charge in [-0.25, -0.2) is 4.98 Å². The fourth-order valence-corrected chi connectivity index (χ4v) is 3.34. The quantitative estimate of drug-likeness (QED) is 0.458. The first-order chi connectivity index (χ1) is 11.7. The number of H-pyrrole nitrogens is 2. The van der Waals surface area contributed by atoms with E-state index in [-0.39, 0.29) is 0 Å². The van der Waals surface area contributed by atoms with Crippen molar-refractivity contribution in [3.8, 4) is 22.4 Å². The van der Waals surface area contributed by atoms with Gasteiger partial charge in [-0.2, -0.15) is 0 Å². The Morgan fingerprint density at radius 1 is 0.750 bits per heavy atom. The minimum atomic E-state index is 0.476. The zero-order chi connectivity index (χ0) is 16.5. The molecule has 0 amide bonds. The second kappa shape index (κ2) is 6.11. The molecule has 0 atom stereocenters. The Morgan fingerprint density at radius 3 is 2.04 bits per heavy atom. The molecular formula is C19H13N3S2. The predicted molar refractivity (Wildman–Crippen MR) is 103 cm³/mol. The van der Waals surface area contributed by atoms with Crippen molar-refractivity contribution in [3.63, 3.8) is 0 Å². The van der Waals surface area contributed by atoms with Gasteiger partial charge in [0.25, 0.3) is 0 Å². The molecule has 0 fully saturated rings. The molecule has 5 heteroatoms. The molecule has 0 radical (unpaired) electrons. The molecule has 2 heterocycles. The molecule has 24 heavy (non-hydrogen) atoms. The number of nitrogens with zero attached hydrogens (tertiary/aromatic N) is 1. The summed E-state index contributed by atoms with van der Waals surface area (Å²) in [6.45, 7) is 0. The fourth-order valence-electron chi connectivity index (χ4n) is 2.77. The van der Waals surface area contributed by atoms with Gasteiger partial charge in [-0.05, 0) is 29.4 Å². The van der Waals surface area contributed by atoms with Crippen LogP contribution in [0, 0.1) is 9.41 Å². The van der Waals surface area contributed by atoms with Gasteiger partial charge in [-0.3, -0.25) is 0 Å². The third-order valence-electron chi connectivity index (χ3n) is 3.86. The van der Waals surface area contributed by atoms with Gasteiger partial charge in [0.15, 0.2) is 4.77 Å². The van der Waals surface area contributed by atoms with E-state index in [0.29, 0.717) is 15.1 Å². The van der Waals surface area contributed by atoms with Crippen LogP contribution in [0.4, 0.5) is 0 Å². The van der Waals surface area contributed by atoms with Crippen molar-refractivity contribution in [1.82, 2.24) is 15.0 Å². The third-order valence-corrected chi connectivity index (χ3v) is 4.37. The molecule has 0 saturated carbocycles. The van der Waals surface area contributed by atoms with E-state index >= 15 is 0 Å². The minimum Gasteiger partial charge on any atom is -0.323 e. The summed E-state index contributed by atoms with van der Waals surface area (Å²) in [4.78, 5) is 10.9. The number of pyridine rings is 1. The van der Waals surface area contributed by atoms with Gasteiger partial charge in [0.2, 0.25) is 0 Å². The molecule has 2 N–H and O–H groups in total. The maximum Gasteiger partial charge on any atom is 0.177 e. The first-order valence-electron chi connectivity index (χ1n) is 7.50. The number of fused-ring (bicyclic) bond motifs is 1. The van der Waals surface area contributed by atoms with Crippen molar-refractivity contribution in [2.45, 2.75) is 0 Å². The highest BCUT2D eigenvalue weighted by atomic mass is 32.1. The maximum absolute atomic E-state index is 5.51. The zero-order valence-corrected chi connectivity index (χ0v) is 14.2. The van der Waals surface area contributed by atoms with E-state index in [1.807, 2.05) is 48.5 Å². The summed E-state index contributed by atoms with van der Waals surface area (Å²) in [5, 5.41) is 0.879. The summed E-state index contributed by atoms with van der Waals surface area (Å²) in [6, 6.07) is 22.3. The molecular weight excluding hydrogens is 334 g/mol. The minimum absolute atomic E-state index is 0.476. The molecule has 4 aromatic rings. The molecule has 4 rings (SSSR count). The maximum atomic E-state index is 5.51. The van der Waals surface area contributed by atoms with Crippen LogP contribution >= 0.6 is 24.4 Å². The Morgan fingerprint density at radius 2 is 1.38 bits per heavy atom. The average molecular weight is 347 g/mol. The molecule has 2 aromatic carbocycles. The van der Waals surface area contributed by atoms with Gasteiger partial charge >= 0.3 is 0 Å². The normalized spacial score (nSPS) is 10.8. The van der Waals surface area contributed by atoms with Crippen LogP contribution in [0.2, 0.25) is 0 Å². The standard InChI is InChI=1S/C19H13N3S2/c23-18-16-14(12-7-3-1-4-8-12)11-15(13-9-5-2-6-10-13)20-17(16)21-19(24)22-18/h1-11H,(H2,20,21,22,23,24). The lowest BCUT2D eigenvalue weighted by molar-refractivity contribution is 1.14. The summed E-state index contributed by atoms with van der Waals surface area (Å²) in [5.74, 6) is 0. The van der Waals surface area contributed by atoms with Crippen molar-refractivity contribution in [1.29, 1.82) is 0 Å². The largest absolute Gasteiger partial charge is 0.323 e. The third kappa shape index (κ3) is 2.68. The molecule has 0 saturated heterocycles. The molecule has 0 aliphatic heterocycles. The average Bonchev–Trinajstić information content (AvgIpc) is 2.62. The highest BCUT2D eigenvalue weighted by Crippen LogP contribution is 2.31. The molecule has 0 unspecified atom stereocenters. The van der Waals surface area contributed by atoms with Gasteiger partial charge in [-0.1, -0.05) is 72.9 Å². The molecule has 0 spiro atoms. The van der Waals surface area contributed by atoms with Crippen LogP contribution in [0.3, 0.4) is 0 Å². The smallest absolute Gasteiger partial charge is 0.177 e. The summed E-state index contributed by atoms with van der Waals surface area (Å²) in [7, 11) is 0. The first kappa shape index (κ1) is 14.9. The molecule has 0 aliphatic carbocycles. The van der Waals surface area contributed by atoms with Crippen LogP contribution in [0.15, 0.2) is 66.7 Å². The number of aromatic amines is 2. The Kier molecular flexibility index (Phi) is 3.80. The number of benzene rings is 2. The predicted octanol–water partition coefficient (Wildman–Crippen LogP) is 5.68. The number of aromatic nitrogens is 3. The lowest BCUT2D eigenvalue weighted by atomic mass is 10.0. The summed E-state index contributed by atoms with van der Waals surface area (Å²) < 4.78 is 1.07. The van der Waals surface area contributed by atoms with E-state index in [0.717, 1.165) is 27.8 Å². The van der Waals surface area contributed by atoms with Gasteiger partial charge in [0.05, 0.1) is 11.1 Å². The molecule has 116 valence electrons. The Balaban J connectivity index is 2.12. The monoisotopic (exact) mass is 347 g/mol. The van der Waals surface area contributed by atoms with Crippen LogP contribution in [-0.2, 0) is 0 Å². The highest BCUT2D eigenvalue weighted by molar-refractivity contribution is 7.72. The van der Waals surface area contributed by atoms with E-state index in [1.165, 1.54) is 0 Å². The molecule has 3 nitrogen and oxygen atoms in total. The van der Waals surface area contributed by atoms with E-state index in [2.05, 4.69) is 28.2 Å². The van der Waals surface area contributed by atoms with Crippen LogP contribution < -0.4 is 0 Å². The number of hydrogen-bond acceptors (Lipinski definition) is 3. The van der Waals surface area contributed by atoms with Gasteiger partial charge in [-0.15, -0.1) is 0 Å². The summed E-state index contributed by atoms with van der Waals surface area (Å²) in [5.41, 5.74) is 4.76. The fraction of sp³-hybridized carbons (Fsp3) is 0. The van der Waals surface area contributed by atoms with E-state index in [4.69, 9.17) is 29.4 Å². The van der Waals surface area contributed by atoms with Gasteiger partial charge < -0.3 is 9.97 Å². The van der Waals surface area contributed by atoms with E-state index < -0.39 is 0 Å². The Bertz CT molecular complexity index is 1130. The van der Waals surface area contributed by atoms with E-state index in [9.17, 15) is 0 Å². The Labute approximate surface area is 149 Å². The number of rotatable bonds is 2. The van der Waals surface area contributed by atoms with Crippen molar-refractivity contribution >= 4 is 35.5 Å². The highest BCUT2D eigenvalue weighted by Gasteiger charge is 2.11. The first-order valence-corrected chi connectivity index (χ1v) is 8.32. The van der Waals surface area contributed by atoms with Gasteiger partial charge in [0.1, 0.15) is 10.3 Å². The van der Waals surface area contributed by atoms with Crippen LogP contribution in [0.5, 0.6) is 0 Å². The lowest BCUT2D eigenvalue weighted by Gasteiger charge is -2.10. The van der Waals surface area contributed by atoms with Crippen LogP contribution in [0.1, 0.15) is 0 Å². The van der Waals surface area contributed by atoms with Crippen LogP contribution in [-0.4, -0.2) is 15.0 Å². The molecule has 0 aliphatic rings. The van der Waals surface area contributed by atoms with Crippen molar-refractivity contribution in [2.75, 3.05) is 0 Å². The van der Waals surface area contributed by atoms with Crippen molar-refractivity contribution in [2.24, 2.45) is 0 Å². The lowest BCUT2D eigenvalue weighted by Crippen LogP contribution is -1.95. The zero-order valence-electron chi connectivity index (χ0n) is 12.6. The molecule has 2 aromatic heterocycles. The number of hydrogen-bond donors (Lipinski definition) is 2. The van der Waals surface area contributed by atoms with Gasteiger partial charge in [0, 0.05) is 5.56 Å².